The van der Waals surface area contributed by atoms with Crippen molar-refractivity contribution in [2.45, 2.75) is 24.8 Å². The molecule has 0 aliphatic heterocycles. The summed E-state index contributed by atoms with van der Waals surface area (Å²) in [5.74, 6) is -0.221. The minimum Gasteiger partial charge on any atom is -0.394 e. The van der Waals surface area contributed by atoms with Crippen LogP contribution in [0.2, 0.25) is 0 Å². The zero-order valence-electron chi connectivity index (χ0n) is 8.74. The van der Waals surface area contributed by atoms with Crippen LogP contribution in [0.1, 0.15) is 29.8 Å². The smallest absolute Gasteiger partial charge is 0.270 e. The van der Waals surface area contributed by atoms with E-state index < -0.39 is 5.54 Å². The molecule has 1 fully saturated rings. The zero-order chi connectivity index (χ0) is 11.6. The average Bonchev–Trinajstić information content (AvgIpc) is 2.24. The molecule has 1 aromatic rings. The number of rotatable bonds is 3. The Labute approximate surface area is 102 Å². The topological polar surface area (TPSA) is 62.2 Å². The molecule has 0 saturated heterocycles. The Balaban J connectivity index is 2.05. The van der Waals surface area contributed by atoms with Gasteiger partial charge in [0, 0.05) is 10.7 Å². The van der Waals surface area contributed by atoms with Crippen LogP contribution in [0.15, 0.2) is 22.8 Å². The number of nitrogens with zero attached hydrogens (tertiary/aromatic N) is 1. The van der Waals surface area contributed by atoms with Crippen molar-refractivity contribution in [1.29, 1.82) is 0 Å². The van der Waals surface area contributed by atoms with Crippen LogP contribution in [0, 0.1) is 0 Å². The lowest BCUT2D eigenvalue weighted by Crippen LogP contribution is -2.56. The third-order valence-electron chi connectivity index (χ3n) is 2.95. The van der Waals surface area contributed by atoms with E-state index in [1.54, 1.807) is 18.3 Å². The summed E-state index contributed by atoms with van der Waals surface area (Å²) in [6.45, 7) is -0.00469. The molecule has 4 nitrogen and oxygen atoms in total. The van der Waals surface area contributed by atoms with Crippen molar-refractivity contribution in [1.82, 2.24) is 10.3 Å². The summed E-state index contributed by atoms with van der Waals surface area (Å²) in [7, 11) is 0. The first-order valence-electron chi connectivity index (χ1n) is 5.20. The van der Waals surface area contributed by atoms with Gasteiger partial charge in [0.05, 0.1) is 12.1 Å². The van der Waals surface area contributed by atoms with Gasteiger partial charge in [-0.15, -0.1) is 0 Å². The maximum absolute atomic E-state index is 11.8. The van der Waals surface area contributed by atoms with Crippen LogP contribution in [0.5, 0.6) is 0 Å². The second kappa shape index (κ2) is 4.51. The summed E-state index contributed by atoms with van der Waals surface area (Å²) >= 11 is 3.26. The molecule has 0 atom stereocenters. The molecule has 0 unspecified atom stereocenters. The molecule has 1 heterocycles. The Bertz CT molecular complexity index is 382. The van der Waals surface area contributed by atoms with Gasteiger partial charge in [-0.2, -0.15) is 0 Å². The third-order valence-corrected chi connectivity index (χ3v) is 3.42. The van der Waals surface area contributed by atoms with E-state index in [9.17, 15) is 9.90 Å². The highest BCUT2D eigenvalue weighted by Gasteiger charge is 2.37. The number of nitrogens with one attached hydrogen (secondary N) is 1. The Morgan fingerprint density at radius 1 is 1.56 bits per heavy atom. The molecule has 0 radical (unpaired) electrons. The van der Waals surface area contributed by atoms with Gasteiger partial charge in [-0.1, -0.05) is 0 Å². The SMILES string of the molecule is O=C(NC1(CO)CCC1)c1ccc(Br)cn1. The van der Waals surface area contributed by atoms with E-state index in [1.165, 1.54) is 0 Å². The number of hydrogen-bond donors (Lipinski definition) is 2. The molecule has 0 aromatic carbocycles. The van der Waals surface area contributed by atoms with Crippen molar-refractivity contribution in [3.63, 3.8) is 0 Å². The molecule has 2 N–H and O–H groups in total. The number of aromatic nitrogens is 1. The monoisotopic (exact) mass is 284 g/mol. The number of pyridine rings is 1. The highest BCUT2D eigenvalue weighted by atomic mass is 79.9. The zero-order valence-corrected chi connectivity index (χ0v) is 10.3. The van der Waals surface area contributed by atoms with Gasteiger partial charge in [0.15, 0.2) is 0 Å². The van der Waals surface area contributed by atoms with E-state index in [1.807, 2.05) is 0 Å². The van der Waals surface area contributed by atoms with Gasteiger partial charge >= 0.3 is 0 Å². The minimum absolute atomic E-state index is 0.00469. The Morgan fingerprint density at radius 2 is 2.31 bits per heavy atom. The summed E-state index contributed by atoms with van der Waals surface area (Å²) < 4.78 is 0.838. The molecule has 16 heavy (non-hydrogen) atoms. The lowest BCUT2D eigenvalue weighted by atomic mass is 9.77. The predicted molar refractivity (Wildman–Crippen MR) is 63.1 cm³/mol. The molecular weight excluding hydrogens is 272 g/mol. The van der Waals surface area contributed by atoms with Crippen LogP contribution in [0.4, 0.5) is 0 Å². The number of hydrogen-bond acceptors (Lipinski definition) is 3. The molecule has 5 heteroatoms. The first-order chi connectivity index (χ1) is 7.65. The normalized spacial score (nSPS) is 17.6. The maximum Gasteiger partial charge on any atom is 0.270 e. The Morgan fingerprint density at radius 3 is 2.75 bits per heavy atom. The molecule has 0 spiro atoms. The minimum atomic E-state index is -0.411. The second-order valence-corrected chi connectivity index (χ2v) is 5.02. The third kappa shape index (κ3) is 2.25. The fourth-order valence-electron chi connectivity index (χ4n) is 1.74. The van der Waals surface area contributed by atoms with Gasteiger partial charge in [0.1, 0.15) is 5.69 Å². The van der Waals surface area contributed by atoms with Gasteiger partial charge in [-0.25, -0.2) is 4.98 Å². The van der Waals surface area contributed by atoms with Crippen molar-refractivity contribution in [2.75, 3.05) is 6.61 Å². The van der Waals surface area contributed by atoms with Crippen LogP contribution >= 0.6 is 15.9 Å². The average molecular weight is 285 g/mol. The summed E-state index contributed by atoms with van der Waals surface area (Å²) in [6.07, 6.45) is 4.31. The van der Waals surface area contributed by atoms with Crippen LogP contribution in [-0.4, -0.2) is 28.1 Å². The van der Waals surface area contributed by atoms with E-state index in [4.69, 9.17) is 0 Å². The quantitative estimate of drug-likeness (QED) is 0.884. The number of halogens is 1. The number of aliphatic hydroxyl groups is 1. The molecule has 1 amide bonds. The van der Waals surface area contributed by atoms with Crippen LogP contribution in [-0.2, 0) is 0 Å². The number of carbonyl (C=O) groups is 1. The summed E-state index contributed by atoms with van der Waals surface area (Å²) in [4.78, 5) is 15.8. The molecule has 86 valence electrons. The fourth-order valence-corrected chi connectivity index (χ4v) is 1.98. The first-order valence-corrected chi connectivity index (χ1v) is 5.99. The molecule has 1 aliphatic carbocycles. The first kappa shape index (κ1) is 11.5. The highest BCUT2D eigenvalue weighted by molar-refractivity contribution is 9.10. The van der Waals surface area contributed by atoms with Crippen LogP contribution in [0.3, 0.4) is 0 Å². The molecule has 2 rings (SSSR count). The van der Waals surface area contributed by atoms with Gasteiger partial charge in [0.2, 0.25) is 0 Å². The van der Waals surface area contributed by atoms with E-state index in [2.05, 4.69) is 26.2 Å². The van der Waals surface area contributed by atoms with Crippen molar-refractivity contribution in [3.8, 4) is 0 Å². The van der Waals surface area contributed by atoms with Gasteiger partial charge in [0.25, 0.3) is 5.91 Å². The Kier molecular flexibility index (Phi) is 3.25. The molecule has 1 aliphatic rings. The molecule has 1 aromatic heterocycles. The largest absolute Gasteiger partial charge is 0.394 e. The predicted octanol–water partition coefficient (Wildman–Crippen LogP) is 1.49. The maximum atomic E-state index is 11.8. The van der Waals surface area contributed by atoms with Crippen molar-refractivity contribution in [3.05, 3.63) is 28.5 Å². The van der Waals surface area contributed by atoms with E-state index in [0.29, 0.717) is 5.69 Å². The second-order valence-electron chi connectivity index (χ2n) is 4.11. The summed E-state index contributed by atoms with van der Waals surface area (Å²) in [6, 6.07) is 3.43. The molecule has 0 bridgehead atoms. The molecule has 1 saturated carbocycles. The highest BCUT2D eigenvalue weighted by Crippen LogP contribution is 2.31. The summed E-state index contributed by atoms with van der Waals surface area (Å²) in [5.41, 5.74) is -0.0332. The van der Waals surface area contributed by atoms with Gasteiger partial charge in [-0.05, 0) is 47.3 Å². The van der Waals surface area contributed by atoms with Gasteiger partial charge in [-0.3, -0.25) is 4.79 Å². The lowest BCUT2D eigenvalue weighted by molar-refractivity contribution is 0.0637. The Hall–Kier alpha value is -0.940. The van der Waals surface area contributed by atoms with Crippen LogP contribution < -0.4 is 5.32 Å². The number of amides is 1. The standard InChI is InChI=1S/C11H13BrN2O2/c12-8-2-3-9(13-6-8)10(16)14-11(7-15)4-1-5-11/h2-3,6,15H,1,4-5,7H2,(H,14,16). The number of carbonyl (C=O) groups excluding carboxylic acids is 1. The van der Waals surface area contributed by atoms with E-state index in [0.717, 1.165) is 23.7 Å². The van der Waals surface area contributed by atoms with Crippen molar-refractivity contribution in [2.24, 2.45) is 0 Å². The summed E-state index contributed by atoms with van der Waals surface area (Å²) in [5, 5.41) is 12.1. The van der Waals surface area contributed by atoms with Crippen molar-refractivity contribution >= 4 is 21.8 Å². The van der Waals surface area contributed by atoms with E-state index >= 15 is 0 Å². The lowest BCUT2D eigenvalue weighted by Gasteiger charge is -2.40. The van der Waals surface area contributed by atoms with Crippen molar-refractivity contribution < 1.29 is 9.90 Å². The molecular formula is C11H13BrN2O2. The van der Waals surface area contributed by atoms with E-state index in [-0.39, 0.29) is 12.5 Å². The number of aliphatic hydroxyl groups excluding tert-OH is 1. The fraction of sp³-hybridized carbons (Fsp3) is 0.455. The van der Waals surface area contributed by atoms with Crippen LogP contribution in [0.25, 0.3) is 0 Å². The van der Waals surface area contributed by atoms with Gasteiger partial charge < -0.3 is 10.4 Å².